The van der Waals surface area contributed by atoms with Gasteiger partial charge in [-0.05, 0) is 49.6 Å². The Labute approximate surface area is 170 Å². The number of hydrogen-bond donors (Lipinski definition) is 1. The molecule has 1 aromatic heterocycles. The molecule has 6 nitrogen and oxygen atoms in total. The van der Waals surface area contributed by atoms with Gasteiger partial charge in [0.15, 0.2) is 0 Å². The van der Waals surface area contributed by atoms with Gasteiger partial charge in [0.2, 0.25) is 5.91 Å². The van der Waals surface area contributed by atoms with Crippen LogP contribution >= 0.6 is 0 Å². The molecule has 148 valence electrons. The van der Waals surface area contributed by atoms with E-state index in [1.165, 1.54) is 0 Å². The predicted octanol–water partition coefficient (Wildman–Crippen LogP) is 3.80. The zero-order valence-corrected chi connectivity index (χ0v) is 16.6. The number of aromatic nitrogens is 2. The van der Waals surface area contributed by atoms with Crippen molar-refractivity contribution in [1.29, 1.82) is 0 Å². The van der Waals surface area contributed by atoms with E-state index in [4.69, 9.17) is 0 Å². The van der Waals surface area contributed by atoms with Crippen LogP contribution in [0.4, 0.5) is 5.69 Å². The molecular weight excluding hydrogens is 364 g/mol. The van der Waals surface area contributed by atoms with Crippen LogP contribution < -0.4 is 5.32 Å². The summed E-state index contributed by atoms with van der Waals surface area (Å²) in [5.41, 5.74) is 4.04. The Morgan fingerprint density at radius 3 is 2.45 bits per heavy atom. The average molecular weight is 388 g/mol. The van der Waals surface area contributed by atoms with Crippen molar-refractivity contribution < 1.29 is 9.59 Å². The number of anilines is 1. The standard InChI is InChI=1S/C23H24N4O2/c1-16-21(24-22(28)18-8-9-18)15-27(25-16)20-12-10-19(11-13-20)23(29)26(2)14-17-6-4-3-5-7-17/h3-7,10-13,15,18H,8-9,14H2,1-2H3,(H,24,28). The van der Waals surface area contributed by atoms with Gasteiger partial charge in [0.1, 0.15) is 0 Å². The molecule has 0 unspecified atom stereocenters. The molecule has 0 radical (unpaired) electrons. The Morgan fingerprint density at radius 1 is 1.10 bits per heavy atom. The number of amides is 2. The molecule has 1 fully saturated rings. The van der Waals surface area contributed by atoms with Crippen LogP contribution in [0, 0.1) is 12.8 Å². The molecule has 1 aliphatic carbocycles. The summed E-state index contributed by atoms with van der Waals surface area (Å²) < 4.78 is 1.72. The second-order valence-electron chi connectivity index (χ2n) is 7.53. The topological polar surface area (TPSA) is 67.2 Å². The van der Waals surface area contributed by atoms with Gasteiger partial charge in [-0.2, -0.15) is 5.10 Å². The van der Waals surface area contributed by atoms with Crippen molar-refractivity contribution in [3.8, 4) is 5.69 Å². The van der Waals surface area contributed by atoms with Crippen molar-refractivity contribution in [2.75, 3.05) is 12.4 Å². The maximum atomic E-state index is 12.7. The van der Waals surface area contributed by atoms with E-state index in [9.17, 15) is 9.59 Å². The minimum atomic E-state index is -0.0329. The molecule has 0 bridgehead atoms. The lowest BCUT2D eigenvalue weighted by atomic mass is 10.1. The Bertz CT molecular complexity index is 1020. The molecule has 6 heteroatoms. The van der Waals surface area contributed by atoms with Crippen LogP contribution in [0.3, 0.4) is 0 Å². The van der Waals surface area contributed by atoms with E-state index >= 15 is 0 Å². The first-order chi connectivity index (χ1) is 14.0. The van der Waals surface area contributed by atoms with Crippen LogP contribution in [0.5, 0.6) is 0 Å². The van der Waals surface area contributed by atoms with Crippen LogP contribution in [-0.2, 0) is 11.3 Å². The van der Waals surface area contributed by atoms with E-state index in [1.807, 2.05) is 55.6 Å². The summed E-state index contributed by atoms with van der Waals surface area (Å²) >= 11 is 0. The highest BCUT2D eigenvalue weighted by atomic mass is 16.2. The zero-order chi connectivity index (χ0) is 20.4. The molecule has 29 heavy (non-hydrogen) atoms. The van der Waals surface area contributed by atoms with E-state index in [0.29, 0.717) is 12.1 Å². The van der Waals surface area contributed by atoms with Crippen LogP contribution in [0.25, 0.3) is 5.69 Å². The van der Waals surface area contributed by atoms with Gasteiger partial charge in [-0.15, -0.1) is 0 Å². The maximum Gasteiger partial charge on any atom is 0.253 e. The number of rotatable bonds is 6. The summed E-state index contributed by atoms with van der Waals surface area (Å²) in [7, 11) is 1.80. The van der Waals surface area contributed by atoms with Gasteiger partial charge in [-0.1, -0.05) is 30.3 Å². The summed E-state index contributed by atoms with van der Waals surface area (Å²) in [6.07, 6.45) is 3.74. The zero-order valence-electron chi connectivity index (χ0n) is 16.6. The number of carbonyl (C=O) groups excluding carboxylic acids is 2. The fourth-order valence-electron chi connectivity index (χ4n) is 3.20. The van der Waals surface area contributed by atoms with Gasteiger partial charge < -0.3 is 10.2 Å². The van der Waals surface area contributed by atoms with Crippen molar-refractivity contribution >= 4 is 17.5 Å². The van der Waals surface area contributed by atoms with Crippen molar-refractivity contribution in [1.82, 2.24) is 14.7 Å². The third kappa shape index (κ3) is 4.37. The second-order valence-corrected chi connectivity index (χ2v) is 7.53. The third-order valence-electron chi connectivity index (χ3n) is 5.09. The number of aryl methyl sites for hydroxylation is 1. The summed E-state index contributed by atoms with van der Waals surface area (Å²) in [5, 5.41) is 7.43. The molecular formula is C23H24N4O2. The van der Waals surface area contributed by atoms with Crippen LogP contribution in [-0.4, -0.2) is 33.5 Å². The van der Waals surface area contributed by atoms with E-state index in [-0.39, 0.29) is 17.7 Å². The molecule has 1 heterocycles. The monoisotopic (exact) mass is 388 g/mol. The first-order valence-corrected chi connectivity index (χ1v) is 9.78. The first-order valence-electron chi connectivity index (χ1n) is 9.78. The maximum absolute atomic E-state index is 12.7. The minimum absolute atomic E-state index is 0.0329. The van der Waals surface area contributed by atoms with E-state index in [0.717, 1.165) is 35.5 Å². The van der Waals surface area contributed by atoms with Crippen molar-refractivity contribution in [2.24, 2.45) is 5.92 Å². The van der Waals surface area contributed by atoms with E-state index in [1.54, 1.807) is 28.8 Å². The summed E-state index contributed by atoms with van der Waals surface area (Å²) in [5.74, 6) is 0.181. The van der Waals surface area contributed by atoms with Crippen LogP contribution in [0.1, 0.15) is 34.5 Å². The molecule has 1 saturated carbocycles. The Kier molecular flexibility index (Phi) is 5.16. The van der Waals surface area contributed by atoms with Crippen molar-refractivity contribution in [3.05, 3.63) is 77.6 Å². The number of carbonyl (C=O) groups is 2. The summed E-state index contributed by atoms with van der Waals surface area (Å²) in [6.45, 7) is 2.43. The molecule has 2 aromatic carbocycles. The largest absolute Gasteiger partial charge is 0.337 e. The van der Waals surface area contributed by atoms with Gasteiger partial charge in [-0.3, -0.25) is 9.59 Å². The number of nitrogens with zero attached hydrogens (tertiary/aromatic N) is 3. The van der Waals surface area contributed by atoms with Crippen molar-refractivity contribution in [3.63, 3.8) is 0 Å². The van der Waals surface area contributed by atoms with Gasteiger partial charge in [0.25, 0.3) is 5.91 Å². The quantitative estimate of drug-likeness (QED) is 0.698. The second kappa shape index (κ2) is 7.91. The molecule has 2 amide bonds. The first kappa shape index (κ1) is 18.9. The summed E-state index contributed by atoms with van der Waals surface area (Å²) in [4.78, 5) is 26.4. The van der Waals surface area contributed by atoms with E-state index < -0.39 is 0 Å². The number of benzene rings is 2. The Hall–Kier alpha value is -3.41. The average Bonchev–Trinajstić information content (AvgIpc) is 3.53. The predicted molar refractivity (Wildman–Crippen MR) is 112 cm³/mol. The minimum Gasteiger partial charge on any atom is -0.337 e. The molecule has 0 aliphatic heterocycles. The molecule has 0 atom stereocenters. The fraction of sp³-hybridized carbons (Fsp3) is 0.261. The lowest BCUT2D eigenvalue weighted by molar-refractivity contribution is -0.117. The van der Waals surface area contributed by atoms with Gasteiger partial charge in [0.05, 0.1) is 23.3 Å². The molecule has 1 aliphatic rings. The molecule has 3 aromatic rings. The van der Waals surface area contributed by atoms with Gasteiger partial charge in [-0.25, -0.2) is 4.68 Å². The highest BCUT2D eigenvalue weighted by Crippen LogP contribution is 2.30. The van der Waals surface area contributed by atoms with Gasteiger partial charge in [0, 0.05) is 25.1 Å². The highest BCUT2D eigenvalue weighted by Gasteiger charge is 2.30. The van der Waals surface area contributed by atoms with Crippen LogP contribution in [0.2, 0.25) is 0 Å². The van der Waals surface area contributed by atoms with Gasteiger partial charge >= 0.3 is 0 Å². The Balaban J connectivity index is 1.44. The SMILES string of the molecule is Cc1nn(-c2ccc(C(=O)N(C)Cc3ccccc3)cc2)cc1NC(=O)C1CC1. The lowest BCUT2D eigenvalue weighted by Gasteiger charge is -2.17. The molecule has 0 spiro atoms. The third-order valence-corrected chi connectivity index (χ3v) is 5.09. The normalized spacial score (nSPS) is 13.2. The Morgan fingerprint density at radius 2 is 1.79 bits per heavy atom. The highest BCUT2D eigenvalue weighted by molar-refractivity contribution is 5.95. The molecule has 1 N–H and O–H groups in total. The van der Waals surface area contributed by atoms with Crippen LogP contribution in [0.15, 0.2) is 60.8 Å². The summed E-state index contributed by atoms with van der Waals surface area (Å²) in [6, 6.07) is 17.2. The fourth-order valence-corrected chi connectivity index (χ4v) is 3.20. The smallest absolute Gasteiger partial charge is 0.253 e. The number of nitrogens with one attached hydrogen (secondary N) is 1. The lowest BCUT2D eigenvalue weighted by Crippen LogP contribution is -2.26. The van der Waals surface area contributed by atoms with Crippen molar-refractivity contribution in [2.45, 2.75) is 26.3 Å². The number of hydrogen-bond acceptors (Lipinski definition) is 3. The molecule has 4 rings (SSSR count). The van der Waals surface area contributed by atoms with E-state index in [2.05, 4.69) is 10.4 Å². The molecule has 0 saturated heterocycles.